The summed E-state index contributed by atoms with van der Waals surface area (Å²) in [6.07, 6.45) is 4.43. The van der Waals surface area contributed by atoms with Gasteiger partial charge in [0.25, 0.3) is 0 Å². The maximum Gasteiger partial charge on any atom is 0.230 e. The van der Waals surface area contributed by atoms with Crippen molar-refractivity contribution in [2.75, 3.05) is 0 Å². The second-order valence-electron chi connectivity index (χ2n) is 8.15. The van der Waals surface area contributed by atoms with Gasteiger partial charge in [-0.05, 0) is 25.7 Å². The van der Waals surface area contributed by atoms with Crippen molar-refractivity contribution in [3.63, 3.8) is 0 Å². The molecule has 6 amide bonds. The van der Waals surface area contributed by atoms with Crippen LogP contribution in [0.25, 0.3) is 0 Å². The normalized spacial score (nSPS) is 24.0. The fourth-order valence-electron chi connectivity index (χ4n) is 4.68. The van der Waals surface area contributed by atoms with E-state index < -0.39 is 46.8 Å². The van der Waals surface area contributed by atoms with Crippen LogP contribution in [-0.4, -0.2) is 35.4 Å². The van der Waals surface area contributed by atoms with Gasteiger partial charge in [-0.25, -0.2) is 0 Å². The van der Waals surface area contributed by atoms with Gasteiger partial charge in [-0.15, -0.1) is 0 Å². The Bertz CT molecular complexity index is 697. The predicted molar refractivity (Wildman–Crippen MR) is 105 cm³/mol. The molecule has 2 saturated heterocycles. The van der Waals surface area contributed by atoms with Crippen LogP contribution in [-0.2, 0) is 28.8 Å². The number of amides is 6. The van der Waals surface area contributed by atoms with Gasteiger partial charge in [-0.1, -0.05) is 25.7 Å². The van der Waals surface area contributed by atoms with Crippen molar-refractivity contribution in [1.82, 2.24) is 10.6 Å². The fourth-order valence-corrected chi connectivity index (χ4v) is 4.68. The monoisotopic (exact) mass is 422 g/mol. The molecule has 10 nitrogen and oxygen atoms in total. The zero-order valence-corrected chi connectivity index (χ0v) is 17.0. The van der Waals surface area contributed by atoms with Gasteiger partial charge in [-0.2, -0.15) is 0 Å². The minimum Gasteiger partial charge on any atom is -0.370 e. The Labute approximate surface area is 174 Å². The number of nitrogens with one attached hydrogen (secondary N) is 2. The Balaban J connectivity index is 2.18. The summed E-state index contributed by atoms with van der Waals surface area (Å²) in [6.45, 7) is 0. The Morgan fingerprint density at radius 1 is 0.800 bits per heavy atom. The van der Waals surface area contributed by atoms with Crippen molar-refractivity contribution in [3.05, 3.63) is 0 Å². The van der Waals surface area contributed by atoms with Crippen LogP contribution in [0.15, 0.2) is 0 Å². The summed E-state index contributed by atoms with van der Waals surface area (Å²) in [5, 5.41) is 4.51. The van der Waals surface area contributed by atoms with E-state index in [1.165, 1.54) is 0 Å². The van der Waals surface area contributed by atoms with Gasteiger partial charge in [0, 0.05) is 19.3 Å². The summed E-state index contributed by atoms with van der Waals surface area (Å²) in [5.41, 5.74) is 9.45. The highest BCUT2D eigenvalue weighted by molar-refractivity contribution is 6.05. The molecule has 0 aliphatic carbocycles. The van der Waals surface area contributed by atoms with E-state index in [4.69, 9.17) is 11.5 Å². The highest BCUT2D eigenvalue weighted by Crippen LogP contribution is 2.47. The molecule has 0 bridgehead atoms. The van der Waals surface area contributed by atoms with Crippen LogP contribution in [0.2, 0.25) is 0 Å². The molecule has 0 aromatic carbocycles. The minimum atomic E-state index is -1.47. The molecule has 2 atom stereocenters. The van der Waals surface area contributed by atoms with Crippen molar-refractivity contribution >= 4 is 35.4 Å². The standard InChI is InChI=1S/C20H30N4O6/c21-14(25)6-4-2-1-3-5-11-20(19(22)30,12-7-9-15(26)23-17(12)28)13-8-10-16(27)24-18(13)29/h12-13H,1-11H2,(H2,21,25)(H2,22,30)(H,23,26,28)(H,24,27,29). The number of carbonyl (C=O) groups is 6. The lowest BCUT2D eigenvalue weighted by Gasteiger charge is -2.44. The molecule has 10 heteroatoms. The first-order valence-electron chi connectivity index (χ1n) is 10.4. The molecule has 30 heavy (non-hydrogen) atoms. The van der Waals surface area contributed by atoms with Gasteiger partial charge in [0.15, 0.2) is 0 Å². The fraction of sp³-hybridized carbons (Fsp3) is 0.700. The van der Waals surface area contributed by atoms with E-state index >= 15 is 0 Å². The van der Waals surface area contributed by atoms with E-state index in [-0.39, 0.29) is 38.0 Å². The van der Waals surface area contributed by atoms with Crippen molar-refractivity contribution in [2.45, 2.75) is 70.6 Å². The van der Waals surface area contributed by atoms with Crippen LogP contribution in [0.1, 0.15) is 70.6 Å². The molecule has 2 unspecified atom stereocenters. The summed E-state index contributed by atoms with van der Waals surface area (Å²) in [7, 11) is 0. The molecule has 2 aliphatic rings. The van der Waals surface area contributed by atoms with Crippen LogP contribution < -0.4 is 22.1 Å². The minimum absolute atomic E-state index is 0.0613. The quantitative estimate of drug-likeness (QED) is 0.264. The molecular weight excluding hydrogens is 392 g/mol. The summed E-state index contributed by atoms with van der Waals surface area (Å²) in [4.78, 5) is 72.0. The van der Waals surface area contributed by atoms with Crippen molar-refractivity contribution in [2.24, 2.45) is 28.7 Å². The molecule has 0 aromatic heterocycles. The van der Waals surface area contributed by atoms with Crippen LogP contribution in [0.5, 0.6) is 0 Å². The molecule has 0 saturated carbocycles. The van der Waals surface area contributed by atoms with Crippen LogP contribution in [0, 0.1) is 17.3 Å². The lowest BCUT2D eigenvalue weighted by molar-refractivity contribution is -0.157. The Morgan fingerprint density at radius 2 is 1.27 bits per heavy atom. The van der Waals surface area contributed by atoms with Gasteiger partial charge in [0.05, 0.1) is 17.3 Å². The summed E-state index contributed by atoms with van der Waals surface area (Å²) >= 11 is 0. The Hall–Kier alpha value is -2.78. The SMILES string of the molecule is NC(=O)CCCCCCCC(C(N)=O)(C1CCC(=O)NC1=O)C1CCC(=O)NC1=O. The lowest BCUT2D eigenvalue weighted by atomic mass is 9.59. The molecule has 2 rings (SSSR count). The molecule has 2 fully saturated rings. The molecule has 0 aromatic rings. The molecule has 0 radical (unpaired) electrons. The van der Waals surface area contributed by atoms with Gasteiger partial charge in [0.2, 0.25) is 35.4 Å². The van der Waals surface area contributed by atoms with Gasteiger partial charge in [0.1, 0.15) is 0 Å². The molecule has 166 valence electrons. The largest absolute Gasteiger partial charge is 0.370 e. The van der Waals surface area contributed by atoms with E-state index in [1.807, 2.05) is 0 Å². The highest BCUT2D eigenvalue weighted by Gasteiger charge is 2.57. The van der Waals surface area contributed by atoms with Crippen LogP contribution in [0.3, 0.4) is 0 Å². The van der Waals surface area contributed by atoms with Gasteiger partial charge >= 0.3 is 0 Å². The molecule has 2 heterocycles. The van der Waals surface area contributed by atoms with E-state index in [9.17, 15) is 28.8 Å². The second-order valence-corrected chi connectivity index (χ2v) is 8.15. The van der Waals surface area contributed by atoms with Crippen LogP contribution >= 0.6 is 0 Å². The average Bonchev–Trinajstić information content (AvgIpc) is 2.65. The third kappa shape index (κ3) is 5.43. The Morgan fingerprint density at radius 3 is 1.70 bits per heavy atom. The average molecular weight is 422 g/mol. The molecule has 0 spiro atoms. The van der Waals surface area contributed by atoms with Crippen LogP contribution in [0.4, 0.5) is 0 Å². The second kappa shape index (κ2) is 10.3. The smallest absolute Gasteiger partial charge is 0.230 e. The molecular formula is C20H30N4O6. The third-order valence-electron chi connectivity index (χ3n) is 6.19. The topological polar surface area (TPSA) is 179 Å². The maximum absolute atomic E-state index is 12.8. The summed E-state index contributed by atoms with van der Waals surface area (Å²) < 4.78 is 0. The number of hydrogen-bond donors (Lipinski definition) is 4. The number of hydrogen-bond acceptors (Lipinski definition) is 6. The van der Waals surface area contributed by atoms with Crippen molar-refractivity contribution in [3.8, 4) is 0 Å². The Kier molecular flexibility index (Phi) is 8.08. The first-order valence-corrected chi connectivity index (χ1v) is 10.4. The number of imide groups is 2. The number of primary amides is 2. The maximum atomic E-state index is 12.8. The van der Waals surface area contributed by atoms with E-state index in [1.54, 1.807) is 0 Å². The van der Waals surface area contributed by atoms with Crippen molar-refractivity contribution < 1.29 is 28.8 Å². The molecule has 6 N–H and O–H groups in total. The number of unbranched alkanes of at least 4 members (excludes halogenated alkanes) is 4. The lowest BCUT2D eigenvalue weighted by Crippen LogP contribution is -2.60. The van der Waals surface area contributed by atoms with E-state index in [0.29, 0.717) is 25.7 Å². The van der Waals surface area contributed by atoms with Gasteiger partial charge in [-0.3, -0.25) is 39.4 Å². The van der Waals surface area contributed by atoms with E-state index in [0.717, 1.165) is 12.8 Å². The predicted octanol–water partition coefficient (Wildman–Crippen LogP) is -0.220. The zero-order chi connectivity index (χ0) is 22.3. The summed E-state index contributed by atoms with van der Waals surface area (Å²) in [5.74, 6) is -4.98. The van der Waals surface area contributed by atoms with Gasteiger partial charge < -0.3 is 11.5 Å². The first-order chi connectivity index (χ1) is 14.2. The number of nitrogens with two attached hydrogens (primary N) is 2. The summed E-state index contributed by atoms with van der Waals surface area (Å²) in [6, 6.07) is 0. The number of carbonyl (C=O) groups excluding carboxylic acids is 6. The first kappa shape index (κ1) is 23.5. The third-order valence-corrected chi connectivity index (χ3v) is 6.19. The van der Waals surface area contributed by atoms with E-state index in [2.05, 4.69) is 10.6 Å². The number of piperidine rings is 2. The highest BCUT2D eigenvalue weighted by atomic mass is 16.2. The molecule has 2 aliphatic heterocycles. The zero-order valence-electron chi connectivity index (χ0n) is 17.0. The number of rotatable bonds is 11. The van der Waals surface area contributed by atoms with Crippen molar-refractivity contribution in [1.29, 1.82) is 0 Å².